The molecule has 0 aliphatic carbocycles. The predicted octanol–water partition coefficient (Wildman–Crippen LogP) is 3.56. The van der Waals surface area contributed by atoms with Crippen LogP contribution in [0, 0.1) is 18.6 Å². The summed E-state index contributed by atoms with van der Waals surface area (Å²) in [5, 5.41) is 6.29. The van der Waals surface area contributed by atoms with E-state index < -0.39 is 35.4 Å². The monoisotopic (exact) mass is 556 g/mol. The van der Waals surface area contributed by atoms with Crippen molar-refractivity contribution in [3.05, 3.63) is 92.4 Å². The Hall–Kier alpha value is -3.76. The first kappa shape index (κ1) is 26.8. The predicted molar refractivity (Wildman–Crippen MR) is 143 cm³/mol. The summed E-state index contributed by atoms with van der Waals surface area (Å²) in [7, 11) is 1.28. The van der Waals surface area contributed by atoms with Crippen LogP contribution in [-0.2, 0) is 4.79 Å². The Labute approximate surface area is 228 Å². The maximum absolute atomic E-state index is 15.3. The van der Waals surface area contributed by atoms with E-state index >= 15 is 8.78 Å². The Balaban J connectivity index is 1.58. The summed E-state index contributed by atoms with van der Waals surface area (Å²) in [5.41, 5.74) is 0.122. The van der Waals surface area contributed by atoms with Gasteiger partial charge in [0.25, 0.3) is 11.5 Å². The van der Waals surface area contributed by atoms with E-state index in [1.54, 1.807) is 23.8 Å². The number of ether oxygens (including phenoxy) is 1. The van der Waals surface area contributed by atoms with E-state index in [1.807, 2.05) is 0 Å². The van der Waals surface area contributed by atoms with Crippen LogP contribution >= 0.6 is 11.6 Å². The van der Waals surface area contributed by atoms with E-state index in [2.05, 4.69) is 10.6 Å². The average molecular weight is 557 g/mol. The van der Waals surface area contributed by atoms with E-state index in [-0.39, 0.29) is 40.7 Å². The number of aromatic nitrogens is 1. The summed E-state index contributed by atoms with van der Waals surface area (Å²) in [6, 6.07) is 8.37. The summed E-state index contributed by atoms with van der Waals surface area (Å²) >= 11 is 5.93. The van der Waals surface area contributed by atoms with Gasteiger partial charge in [-0.15, -0.1) is 0 Å². The van der Waals surface area contributed by atoms with Crippen molar-refractivity contribution in [3.8, 4) is 5.75 Å². The van der Waals surface area contributed by atoms with Crippen LogP contribution in [0.5, 0.6) is 5.75 Å². The number of pyridine rings is 1. The highest BCUT2D eigenvalue weighted by Crippen LogP contribution is 2.36. The smallest absolute Gasteiger partial charge is 0.275 e. The first-order valence-corrected chi connectivity index (χ1v) is 12.9. The lowest BCUT2D eigenvalue weighted by atomic mass is 9.92. The van der Waals surface area contributed by atoms with Gasteiger partial charge in [0.05, 0.1) is 13.2 Å². The van der Waals surface area contributed by atoms with E-state index in [9.17, 15) is 14.4 Å². The van der Waals surface area contributed by atoms with Crippen molar-refractivity contribution in [1.29, 1.82) is 0 Å². The van der Waals surface area contributed by atoms with E-state index in [0.717, 1.165) is 25.1 Å². The fourth-order valence-corrected chi connectivity index (χ4v) is 5.46. The molecular formula is C28H27ClF2N4O4. The summed E-state index contributed by atoms with van der Waals surface area (Å²) < 4.78 is 37.1. The van der Waals surface area contributed by atoms with Gasteiger partial charge in [-0.1, -0.05) is 11.6 Å². The van der Waals surface area contributed by atoms with Gasteiger partial charge >= 0.3 is 0 Å². The topological polar surface area (TPSA) is 92.7 Å². The first-order valence-electron chi connectivity index (χ1n) is 12.5. The normalized spacial score (nSPS) is 20.9. The van der Waals surface area contributed by atoms with Gasteiger partial charge in [0, 0.05) is 53.5 Å². The molecule has 1 aromatic heterocycles. The standard InChI is InChI=1S/C28H27ClF2N4O4/c1-15-8-10-34(18-7-9-32-13-18)28(38)25(15)35-14-20(23-21(30)11-19(39-2)12-22(23)31)24(27(35)37)33-26(36)16-3-5-17(29)6-4-16/h3-6,8,10-12,18,20,24,32H,7,9,13-14H2,1-2H3,(H,33,36)/t18?,20-,24-/m0/s1. The Kier molecular flexibility index (Phi) is 7.42. The molecule has 8 nitrogen and oxygen atoms in total. The molecule has 204 valence electrons. The molecule has 2 N–H and O–H groups in total. The fourth-order valence-electron chi connectivity index (χ4n) is 5.34. The summed E-state index contributed by atoms with van der Waals surface area (Å²) in [6.07, 6.45) is 2.44. The van der Waals surface area contributed by atoms with Gasteiger partial charge in [-0.05, 0) is 55.8 Å². The number of hydrogen-bond acceptors (Lipinski definition) is 5. The van der Waals surface area contributed by atoms with Gasteiger partial charge in [0.2, 0.25) is 5.91 Å². The minimum Gasteiger partial charge on any atom is -0.497 e. The first-order chi connectivity index (χ1) is 18.7. The molecule has 3 heterocycles. The molecule has 0 bridgehead atoms. The van der Waals surface area contributed by atoms with Crippen molar-refractivity contribution < 1.29 is 23.1 Å². The molecule has 2 aliphatic heterocycles. The van der Waals surface area contributed by atoms with Gasteiger partial charge in [0.15, 0.2) is 0 Å². The molecule has 0 radical (unpaired) electrons. The van der Waals surface area contributed by atoms with E-state index in [1.165, 1.54) is 36.3 Å². The molecule has 1 unspecified atom stereocenters. The number of nitrogens with zero attached hydrogens (tertiary/aromatic N) is 2. The zero-order chi connectivity index (χ0) is 27.8. The molecule has 39 heavy (non-hydrogen) atoms. The van der Waals surface area contributed by atoms with Gasteiger partial charge in [0.1, 0.15) is 29.1 Å². The summed E-state index contributed by atoms with van der Waals surface area (Å²) in [5.74, 6) is -4.25. The van der Waals surface area contributed by atoms with Gasteiger partial charge in [-0.25, -0.2) is 8.78 Å². The maximum atomic E-state index is 15.3. The third kappa shape index (κ3) is 5.02. The molecule has 2 amide bonds. The quantitative estimate of drug-likeness (QED) is 0.484. The number of nitrogens with one attached hydrogen (secondary N) is 2. The molecule has 3 aromatic rings. The Morgan fingerprint density at radius 2 is 1.82 bits per heavy atom. The molecule has 5 rings (SSSR count). The SMILES string of the molecule is COc1cc(F)c([C@@H]2CN(c3c(C)ccn(C4CCNC4)c3=O)C(=O)[C@H]2NC(=O)c2ccc(Cl)cc2)c(F)c1. The van der Waals surface area contributed by atoms with Crippen LogP contribution in [0.2, 0.25) is 5.02 Å². The zero-order valence-corrected chi connectivity index (χ0v) is 22.1. The van der Waals surface area contributed by atoms with Crippen LogP contribution < -0.4 is 25.8 Å². The van der Waals surface area contributed by atoms with Crippen LogP contribution in [-0.4, -0.2) is 49.2 Å². The van der Waals surface area contributed by atoms with Crippen molar-refractivity contribution in [2.24, 2.45) is 0 Å². The zero-order valence-electron chi connectivity index (χ0n) is 21.3. The lowest BCUT2D eigenvalue weighted by Gasteiger charge is -2.22. The number of amides is 2. The van der Waals surface area contributed by atoms with Gasteiger partial charge in [-0.2, -0.15) is 0 Å². The van der Waals surface area contributed by atoms with E-state index in [0.29, 0.717) is 17.1 Å². The Bertz CT molecular complexity index is 1460. The molecule has 0 saturated carbocycles. The summed E-state index contributed by atoms with van der Waals surface area (Å²) in [4.78, 5) is 41.8. The third-order valence-electron chi connectivity index (χ3n) is 7.36. The largest absolute Gasteiger partial charge is 0.497 e. The minimum absolute atomic E-state index is 0.0244. The van der Waals surface area contributed by atoms with Crippen LogP contribution in [0.1, 0.15) is 39.9 Å². The Morgan fingerprint density at radius 1 is 1.13 bits per heavy atom. The van der Waals surface area contributed by atoms with Crippen LogP contribution in [0.25, 0.3) is 0 Å². The third-order valence-corrected chi connectivity index (χ3v) is 7.61. The molecule has 2 saturated heterocycles. The summed E-state index contributed by atoms with van der Waals surface area (Å²) in [6.45, 7) is 2.86. The van der Waals surface area contributed by atoms with E-state index in [4.69, 9.17) is 16.3 Å². The number of methoxy groups -OCH3 is 1. The number of benzene rings is 2. The number of carbonyl (C=O) groups is 2. The second kappa shape index (κ2) is 10.8. The second-order valence-electron chi connectivity index (χ2n) is 9.72. The van der Waals surface area contributed by atoms with Crippen molar-refractivity contribution in [2.45, 2.75) is 31.3 Å². The highest BCUT2D eigenvalue weighted by Gasteiger charge is 2.46. The fraction of sp³-hybridized carbons (Fsp3) is 0.321. The highest BCUT2D eigenvalue weighted by atomic mass is 35.5. The van der Waals surface area contributed by atoms with Crippen molar-refractivity contribution >= 4 is 29.1 Å². The number of anilines is 1. The molecule has 2 fully saturated rings. The van der Waals surface area contributed by atoms with Gasteiger partial charge in [-0.3, -0.25) is 14.4 Å². The molecule has 3 atom stereocenters. The Morgan fingerprint density at radius 3 is 2.44 bits per heavy atom. The van der Waals surface area contributed by atoms with Crippen molar-refractivity contribution in [3.63, 3.8) is 0 Å². The van der Waals surface area contributed by atoms with Crippen LogP contribution in [0.4, 0.5) is 14.5 Å². The molecule has 2 aliphatic rings. The number of hydrogen-bond donors (Lipinski definition) is 2. The number of carbonyl (C=O) groups excluding carboxylic acids is 2. The lowest BCUT2D eigenvalue weighted by Crippen LogP contribution is -2.45. The number of halogens is 3. The van der Waals surface area contributed by atoms with Crippen LogP contribution in [0.3, 0.4) is 0 Å². The highest BCUT2D eigenvalue weighted by molar-refractivity contribution is 6.30. The average Bonchev–Trinajstić information content (AvgIpc) is 3.54. The second-order valence-corrected chi connectivity index (χ2v) is 10.2. The molecule has 2 aromatic carbocycles. The minimum atomic E-state index is -1.34. The van der Waals surface area contributed by atoms with Crippen molar-refractivity contribution in [1.82, 2.24) is 15.2 Å². The van der Waals surface area contributed by atoms with Gasteiger partial charge < -0.3 is 24.8 Å². The number of aryl methyl sites for hydroxylation is 1. The van der Waals surface area contributed by atoms with Crippen LogP contribution in [0.15, 0.2) is 53.5 Å². The van der Waals surface area contributed by atoms with Crippen molar-refractivity contribution in [2.75, 3.05) is 31.6 Å². The number of rotatable bonds is 6. The molecular weight excluding hydrogens is 530 g/mol. The lowest BCUT2D eigenvalue weighted by molar-refractivity contribution is -0.118. The molecule has 11 heteroatoms. The molecule has 0 spiro atoms. The maximum Gasteiger partial charge on any atom is 0.275 e.